The number of aliphatic hydroxyl groups is 1. The first kappa shape index (κ1) is 25.7. The van der Waals surface area contributed by atoms with Crippen molar-refractivity contribution in [1.82, 2.24) is 15.0 Å². The number of nitrogens with one attached hydrogen (secondary N) is 1. The highest BCUT2D eigenvalue weighted by molar-refractivity contribution is 7.90. The van der Waals surface area contributed by atoms with E-state index in [1.165, 1.54) is 11.8 Å². The van der Waals surface area contributed by atoms with Crippen LogP contribution in [0.2, 0.25) is 0 Å². The van der Waals surface area contributed by atoms with E-state index < -0.39 is 9.84 Å². The summed E-state index contributed by atoms with van der Waals surface area (Å²) in [6.07, 6.45) is 5.38. The van der Waals surface area contributed by atoms with Gasteiger partial charge in [-0.3, -0.25) is 0 Å². The van der Waals surface area contributed by atoms with Gasteiger partial charge in [-0.2, -0.15) is 4.98 Å². The van der Waals surface area contributed by atoms with Crippen molar-refractivity contribution in [2.45, 2.75) is 39.2 Å². The minimum Gasteiger partial charge on any atom is -0.393 e. The van der Waals surface area contributed by atoms with Gasteiger partial charge in [0.1, 0.15) is 21.5 Å². The van der Waals surface area contributed by atoms with Crippen LogP contribution in [0.25, 0.3) is 10.8 Å². The van der Waals surface area contributed by atoms with E-state index >= 15 is 0 Å². The number of rotatable bonds is 7. The Bertz CT molecular complexity index is 1390. The summed E-state index contributed by atoms with van der Waals surface area (Å²) < 4.78 is 23.4. The molecule has 0 spiro atoms. The molecule has 9 nitrogen and oxygen atoms in total. The molecule has 2 aromatic heterocycles. The van der Waals surface area contributed by atoms with Crippen molar-refractivity contribution in [3.63, 3.8) is 0 Å². The molecule has 1 aromatic carbocycles. The number of hydrogen-bond acceptors (Lipinski definition) is 9. The maximum Gasteiger partial charge on any atom is 0.227 e. The van der Waals surface area contributed by atoms with Gasteiger partial charge >= 0.3 is 0 Å². The largest absolute Gasteiger partial charge is 0.393 e. The van der Waals surface area contributed by atoms with E-state index in [-0.39, 0.29) is 23.7 Å². The number of fused-ring (bicyclic) bond motifs is 1. The number of pyridine rings is 1. The zero-order valence-electron chi connectivity index (χ0n) is 21.9. The molecule has 2 N–H and O–H groups in total. The average molecular weight is 525 g/mol. The van der Waals surface area contributed by atoms with E-state index in [4.69, 9.17) is 9.97 Å². The van der Waals surface area contributed by atoms with Gasteiger partial charge in [-0.15, -0.1) is 0 Å². The van der Waals surface area contributed by atoms with Gasteiger partial charge in [0.2, 0.25) is 5.95 Å². The molecule has 2 atom stereocenters. The van der Waals surface area contributed by atoms with Crippen LogP contribution in [-0.2, 0) is 9.84 Å². The predicted octanol–water partition coefficient (Wildman–Crippen LogP) is 3.58. The zero-order chi connectivity index (χ0) is 26.3. The molecule has 0 bridgehead atoms. The lowest BCUT2D eigenvalue weighted by molar-refractivity contribution is 0.0966. The summed E-state index contributed by atoms with van der Waals surface area (Å²) >= 11 is 0. The lowest BCUT2D eigenvalue weighted by Gasteiger charge is -2.41. The van der Waals surface area contributed by atoms with E-state index in [1.807, 2.05) is 19.2 Å². The normalized spacial score (nSPS) is 20.9. The van der Waals surface area contributed by atoms with Crippen molar-refractivity contribution in [1.29, 1.82) is 0 Å². The van der Waals surface area contributed by atoms with Crippen molar-refractivity contribution in [2.24, 2.45) is 11.8 Å². The molecule has 3 aromatic rings. The second-order valence-electron chi connectivity index (χ2n) is 11.0. The second kappa shape index (κ2) is 10.1. The first-order valence-electron chi connectivity index (χ1n) is 13.0. The molecule has 0 saturated carbocycles. The highest BCUT2D eigenvalue weighted by Gasteiger charge is 2.31. The molecule has 2 aliphatic heterocycles. The summed E-state index contributed by atoms with van der Waals surface area (Å²) in [5.41, 5.74) is 2.33. The number of sulfone groups is 1. The number of aromatic nitrogens is 3. The summed E-state index contributed by atoms with van der Waals surface area (Å²) in [5.74, 6) is 2.94. The van der Waals surface area contributed by atoms with Gasteiger partial charge in [-0.05, 0) is 47.4 Å². The van der Waals surface area contributed by atoms with Gasteiger partial charge in [-0.1, -0.05) is 26.8 Å². The van der Waals surface area contributed by atoms with Crippen molar-refractivity contribution < 1.29 is 13.5 Å². The Morgan fingerprint density at radius 1 is 1.08 bits per heavy atom. The molecule has 0 unspecified atom stereocenters. The number of benzene rings is 1. The maximum absolute atomic E-state index is 11.7. The standard InChI is InChI=1S/C27H36N6O3S/c1-17(2)20-5-6-23(33-14-19(15-33)16-37(4,35)36)22-12-29-26(11-21(20)22)30-25-7-9-28-27(31-25)32-10-8-24(34)18(3)13-32/h5-7,9,11-12,17-19,24,34H,8,10,13-16H2,1-4H3,(H,28,29,30,31)/t18-,24+/m0/s1. The Balaban J connectivity index is 1.39. The summed E-state index contributed by atoms with van der Waals surface area (Å²) in [6, 6.07) is 8.21. The molecule has 0 aliphatic carbocycles. The Labute approximate surface area is 218 Å². The van der Waals surface area contributed by atoms with Crippen LogP contribution in [0.4, 0.5) is 23.3 Å². The Morgan fingerprint density at radius 3 is 2.57 bits per heavy atom. The molecule has 2 fully saturated rings. The van der Waals surface area contributed by atoms with E-state index in [0.29, 0.717) is 29.9 Å². The number of anilines is 4. The van der Waals surface area contributed by atoms with Crippen LogP contribution < -0.4 is 15.1 Å². The SMILES string of the molecule is CC(C)c1ccc(N2CC(CS(C)(=O)=O)C2)c2cnc(Nc3ccnc(N4CC[C@@H](O)[C@@H](C)C4)n3)cc12. The summed E-state index contributed by atoms with van der Waals surface area (Å²) in [7, 11) is -2.97. The summed E-state index contributed by atoms with van der Waals surface area (Å²) in [5, 5.41) is 15.6. The molecule has 2 saturated heterocycles. The maximum atomic E-state index is 11.7. The summed E-state index contributed by atoms with van der Waals surface area (Å²) in [6.45, 7) is 9.33. The van der Waals surface area contributed by atoms with Gasteiger partial charge in [0.05, 0.1) is 11.9 Å². The van der Waals surface area contributed by atoms with Gasteiger partial charge in [0.15, 0.2) is 0 Å². The van der Waals surface area contributed by atoms with E-state index in [0.717, 1.165) is 42.6 Å². The van der Waals surface area contributed by atoms with Crippen molar-refractivity contribution >= 4 is 43.9 Å². The van der Waals surface area contributed by atoms with E-state index in [9.17, 15) is 13.5 Å². The fourth-order valence-electron chi connectivity index (χ4n) is 5.41. The number of aliphatic hydroxyl groups excluding tert-OH is 1. The van der Waals surface area contributed by atoms with Crippen LogP contribution in [0.3, 0.4) is 0 Å². The molecular formula is C27H36N6O3S. The topological polar surface area (TPSA) is 112 Å². The molecule has 37 heavy (non-hydrogen) atoms. The van der Waals surface area contributed by atoms with E-state index in [2.05, 4.69) is 52.1 Å². The Morgan fingerprint density at radius 2 is 1.86 bits per heavy atom. The van der Waals surface area contributed by atoms with Gasteiger partial charge in [0.25, 0.3) is 0 Å². The van der Waals surface area contributed by atoms with Crippen molar-refractivity contribution in [3.8, 4) is 0 Å². The third-order valence-corrected chi connectivity index (χ3v) is 8.49. The first-order chi connectivity index (χ1) is 17.6. The van der Waals surface area contributed by atoms with Gasteiger partial charge < -0.3 is 20.2 Å². The lowest BCUT2D eigenvalue weighted by Crippen LogP contribution is -2.49. The van der Waals surface area contributed by atoms with Crippen molar-refractivity contribution in [2.75, 3.05) is 53.3 Å². The molecular weight excluding hydrogens is 488 g/mol. The van der Waals surface area contributed by atoms with Gasteiger partial charge in [-0.25, -0.2) is 18.4 Å². The molecule has 2 aliphatic rings. The number of hydrogen-bond donors (Lipinski definition) is 2. The first-order valence-corrected chi connectivity index (χ1v) is 15.0. The molecule has 0 amide bonds. The second-order valence-corrected chi connectivity index (χ2v) is 13.1. The van der Waals surface area contributed by atoms with Gasteiger partial charge in [0, 0.05) is 61.8 Å². The van der Waals surface area contributed by atoms with Crippen LogP contribution in [0.1, 0.15) is 38.7 Å². The highest BCUT2D eigenvalue weighted by Crippen LogP contribution is 2.37. The minimum absolute atomic E-state index is 0.168. The fraction of sp³-hybridized carbons (Fsp3) is 0.519. The van der Waals surface area contributed by atoms with Crippen LogP contribution in [0.15, 0.2) is 36.7 Å². The van der Waals surface area contributed by atoms with Crippen LogP contribution >= 0.6 is 0 Å². The third kappa shape index (κ3) is 5.65. The van der Waals surface area contributed by atoms with Crippen LogP contribution in [0.5, 0.6) is 0 Å². The quantitative estimate of drug-likeness (QED) is 0.479. The Kier molecular flexibility index (Phi) is 6.97. The number of nitrogens with zero attached hydrogens (tertiary/aromatic N) is 5. The van der Waals surface area contributed by atoms with Crippen LogP contribution in [-0.4, -0.2) is 72.8 Å². The smallest absolute Gasteiger partial charge is 0.227 e. The third-order valence-electron chi connectivity index (χ3n) is 7.41. The molecule has 10 heteroatoms. The van der Waals surface area contributed by atoms with Crippen LogP contribution in [0, 0.1) is 11.8 Å². The zero-order valence-corrected chi connectivity index (χ0v) is 22.7. The molecule has 0 radical (unpaired) electrons. The predicted molar refractivity (Wildman–Crippen MR) is 149 cm³/mol. The highest BCUT2D eigenvalue weighted by atomic mass is 32.2. The minimum atomic E-state index is -2.97. The summed E-state index contributed by atoms with van der Waals surface area (Å²) in [4.78, 5) is 18.2. The van der Waals surface area contributed by atoms with E-state index in [1.54, 1.807) is 6.20 Å². The number of piperidine rings is 1. The molecule has 5 rings (SSSR count). The fourth-order valence-corrected chi connectivity index (χ4v) is 6.48. The average Bonchev–Trinajstić information content (AvgIpc) is 2.82. The molecule has 198 valence electrons. The molecule has 4 heterocycles. The van der Waals surface area contributed by atoms with Crippen molar-refractivity contribution in [3.05, 3.63) is 42.2 Å². The lowest BCUT2D eigenvalue weighted by atomic mass is 9.93. The monoisotopic (exact) mass is 524 g/mol. The Hall–Kier alpha value is -2.98.